The lowest BCUT2D eigenvalue weighted by atomic mass is 9.87. The molecule has 0 saturated carbocycles. The molecule has 0 bridgehead atoms. The minimum Gasteiger partial charge on any atom is -0.496 e. The van der Waals surface area contributed by atoms with Crippen LogP contribution in [0.15, 0.2) is 54.6 Å². The van der Waals surface area contributed by atoms with Crippen molar-refractivity contribution in [2.45, 2.75) is 19.3 Å². The van der Waals surface area contributed by atoms with Crippen molar-refractivity contribution in [3.05, 3.63) is 71.3 Å². The van der Waals surface area contributed by atoms with Crippen LogP contribution in [-0.4, -0.2) is 7.11 Å². The van der Waals surface area contributed by atoms with Gasteiger partial charge in [0.15, 0.2) is 0 Å². The average Bonchev–Trinajstić information content (AvgIpc) is 2.48. The highest BCUT2D eigenvalue weighted by Crippen LogP contribution is 2.31. The lowest BCUT2D eigenvalue weighted by Crippen LogP contribution is -2.02. The number of rotatable bonds is 3. The van der Waals surface area contributed by atoms with Crippen LogP contribution in [-0.2, 0) is 12.8 Å². The molecular formula is C18H18O. The van der Waals surface area contributed by atoms with Crippen LogP contribution in [0.3, 0.4) is 0 Å². The number of hydrogen-bond acceptors (Lipinski definition) is 1. The number of fused-ring (bicyclic) bond motifs is 1. The smallest absolute Gasteiger partial charge is 0.122 e. The monoisotopic (exact) mass is 250 g/mol. The molecule has 96 valence electrons. The summed E-state index contributed by atoms with van der Waals surface area (Å²) < 4.78 is 5.45. The summed E-state index contributed by atoms with van der Waals surface area (Å²) in [6, 6.07) is 17.0. The zero-order valence-electron chi connectivity index (χ0n) is 11.2. The summed E-state index contributed by atoms with van der Waals surface area (Å²) in [6.07, 6.45) is 5.61. The van der Waals surface area contributed by atoms with Crippen LogP contribution in [0.1, 0.15) is 23.1 Å². The number of aryl methyl sites for hydroxylation is 1. The van der Waals surface area contributed by atoms with Gasteiger partial charge in [0.2, 0.25) is 0 Å². The Morgan fingerprint density at radius 3 is 2.68 bits per heavy atom. The molecule has 0 spiro atoms. The van der Waals surface area contributed by atoms with Gasteiger partial charge in [-0.05, 0) is 41.2 Å². The fraction of sp³-hybridized carbons (Fsp3) is 0.222. The molecule has 2 aromatic rings. The van der Waals surface area contributed by atoms with E-state index in [9.17, 15) is 0 Å². The second-order valence-electron chi connectivity index (χ2n) is 4.91. The second-order valence-corrected chi connectivity index (χ2v) is 4.91. The molecule has 0 radical (unpaired) electrons. The van der Waals surface area contributed by atoms with E-state index in [-0.39, 0.29) is 0 Å². The third-order valence-corrected chi connectivity index (χ3v) is 3.74. The molecule has 0 saturated heterocycles. The molecule has 1 nitrogen and oxygen atoms in total. The third kappa shape index (κ3) is 2.41. The molecule has 1 heteroatoms. The van der Waals surface area contributed by atoms with Crippen molar-refractivity contribution >= 4 is 5.57 Å². The number of ether oxygens (including phenoxy) is 1. The van der Waals surface area contributed by atoms with Crippen LogP contribution in [0.5, 0.6) is 5.75 Å². The van der Waals surface area contributed by atoms with Gasteiger partial charge in [0, 0.05) is 6.42 Å². The van der Waals surface area contributed by atoms with Crippen molar-refractivity contribution in [3.63, 3.8) is 0 Å². The summed E-state index contributed by atoms with van der Waals surface area (Å²) in [6.45, 7) is 0. The van der Waals surface area contributed by atoms with Gasteiger partial charge in [-0.15, -0.1) is 0 Å². The van der Waals surface area contributed by atoms with Gasteiger partial charge in [0.05, 0.1) is 7.11 Å². The topological polar surface area (TPSA) is 9.23 Å². The Kier molecular flexibility index (Phi) is 3.37. The highest BCUT2D eigenvalue weighted by Gasteiger charge is 2.13. The second kappa shape index (κ2) is 5.31. The van der Waals surface area contributed by atoms with Crippen LogP contribution >= 0.6 is 0 Å². The Morgan fingerprint density at radius 1 is 1.00 bits per heavy atom. The maximum absolute atomic E-state index is 5.45. The number of para-hydroxylation sites is 1. The average molecular weight is 250 g/mol. The molecule has 19 heavy (non-hydrogen) atoms. The Hall–Kier alpha value is -2.02. The number of hydrogen-bond donors (Lipinski definition) is 0. The molecule has 1 aliphatic carbocycles. The SMILES string of the molecule is COc1ccccc1CC1=CCCc2ccccc21. The Labute approximate surface area is 114 Å². The van der Waals surface area contributed by atoms with Crippen molar-refractivity contribution < 1.29 is 4.74 Å². The first-order chi connectivity index (χ1) is 9.38. The molecule has 0 amide bonds. The maximum Gasteiger partial charge on any atom is 0.122 e. The fourth-order valence-corrected chi connectivity index (χ4v) is 2.79. The predicted octanol–water partition coefficient (Wildman–Crippen LogP) is 4.27. The van der Waals surface area contributed by atoms with E-state index in [4.69, 9.17) is 4.74 Å². The minimum absolute atomic E-state index is 0.945. The molecule has 3 rings (SSSR count). The summed E-state index contributed by atoms with van der Waals surface area (Å²) in [4.78, 5) is 0. The molecule has 0 aliphatic heterocycles. The first kappa shape index (κ1) is 12.0. The molecule has 0 heterocycles. The van der Waals surface area contributed by atoms with Gasteiger partial charge >= 0.3 is 0 Å². The molecule has 0 N–H and O–H groups in total. The fourth-order valence-electron chi connectivity index (χ4n) is 2.79. The molecular weight excluding hydrogens is 232 g/mol. The van der Waals surface area contributed by atoms with Gasteiger partial charge < -0.3 is 4.74 Å². The zero-order chi connectivity index (χ0) is 13.1. The maximum atomic E-state index is 5.45. The standard InChI is InChI=1S/C18H18O/c1-19-18-12-5-3-8-16(18)13-15-10-6-9-14-7-2-4-11-17(14)15/h2-5,7-8,10-12H,6,9,13H2,1H3. The summed E-state index contributed by atoms with van der Waals surface area (Å²) in [5.41, 5.74) is 5.55. The van der Waals surface area contributed by atoms with Gasteiger partial charge in [-0.25, -0.2) is 0 Å². The minimum atomic E-state index is 0.945. The van der Waals surface area contributed by atoms with Crippen molar-refractivity contribution in [3.8, 4) is 5.75 Å². The third-order valence-electron chi connectivity index (χ3n) is 3.74. The Balaban J connectivity index is 1.94. The van der Waals surface area contributed by atoms with Crippen LogP contribution in [0.4, 0.5) is 0 Å². The first-order valence-corrected chi connectivity index (χ1v) is 6.77. The lowest BCUT2D eigenvalue weighted by molar-refractivity contribution is 0.411. The van der Waals surface area contributed by atoms with E-state index in [1.54, 1.807) is 7.11 Å². The molecule has 0 aromatic heterocycles. The van der Waals surface area contributed by atoms with Crippen LogP contribution in [0.25, 0.3) is 5.57 Å². The predicted molar refractivity (Wildman–Crippen MR) is 79.4 cm³/mol. The summed E-state index contributed by atoms with van der Waals surface area (Å²) in [5.74, 6) is 0.978. The van der Waals surface area contributed by atoms with Gasteiger partial charge in [0.1, 0.15) is 5.75 Å². The highest BCUT2D eigenvalue weighted by atomic mass is 16.5. The van der Waals surface area contributed by atoms with Gasteiger partial charge in [-0.3, -0.25) is 0 Å². The number of benzene rings is 2. The number of allylic oxidation sites excluding steroid dienone is 2. The summed E-state index contributed by atoms with van der Waals surface area (Å²) >= 11 is 0. The van der Waals surface area contributed by atoms with Crippen LogP contribution in [0, 0.1) is 0 Å². The van der Waals surface area contributed by atoms with E-state index >= 15 is 0 Å². The first-order valence-electron chi connectivity index (χ1n) is 6.77. The Bertz CT molecular complexity index is 611. The van der Waals surface area contributed by atoms with E-state index in [0.29, 0.717) is 0 Å². The van der Waals surface area contributed by atoms with Crippen molar-refractivity contribution in [1.29, 1.82) is 0 Å². The molecule has 0 fully saturated rings. The molecule has 2 aromatic carbocycles. The molecule has 0 atom stereocenters. The zero-order valence-corrected chi connectivity index (χ0v) is 11.2. The molecule has 1 aliphatic rings. The lowest BCUT2D eigenvalue weighted by Gasteiger charge is -2.18. The molecule has 0 unspecified atom stereocenters. The quantitative estimate of drug-likeness (QED) is 0.790. The van der Waals surface area contributed by atoms with E-state index in [0.717, 1.165) is 25.0 Å². The van der Waals surface area contributed by atoms with Crippen molar-refractivity contribution in [2.75, 3.05) is 7.11 Å². The summed E-state index contributed by atoms with van der Waals surface area (Å²) in [7, 11) is 1.74. The van der Waals surface area contributed by atoms with E-state index in [1.807, 2.05) is 12.1 Å². The van der Waals surface area contributed by atoms with E-state index in [1.165, 1.54) is 22.3 Å². The number of methoxy groups -OCH3 is 1. The van der Waals surface area contributed by atoms with Crippen LogP contribution in [0.2, 0.25) is 0 Å². The summed E-state index contributed by atoms with van der Waals surface area (Å²) in [5, 5.41) is 0. The van der Waals surface area contributed by atoms with Crippen molar-refractivity contribution in [1.82, 2.24) is 0 Å². The van der Waals surface area contributed by atoms with E-state index < -0.39 is 0 Å². The normalized spacial score (nSPS) is 13.6. The Morgan fingerprint density at radius 2 is 1.79 bits per heavy atom. The largest absolute Gasteiger partial charge is 0.496 e. The van der Waals surface area contributed by atoms with Gasteiger partial charge in [0.25, 0.3) is 0 Å². The van der Waals surface area contributed by atoms with Gasteiger partial charge in [-0.2, -0.15) is 0 Å². The van der Waals surface area contributed by atoms with Crippen molar-refractivity contribution in [2.24, 2.45) is 0 Å². The van der Waals surface area contributed by atoms with Gasteiger partial charge in [-0.1, -0.05) is 48.5 Å². The van der Waals surface area contributed by atoms with E-state index in [2.05, 4.69) is 42.5 Å². The highest BCUT2D eigenvalue weighted by molar-refractivity contribution is 5.72. The van der Waals surface area contributed by atoms with Crippen LogP contribution < -0.4 is 4.74 Å².